The van der Waals surface area contributed by atoms with Crippen LogP contribution in [0.2, 0.25) is 0 Å². The van der Waals surface area contributed by atoms with Crippen LogP contribution in [-0.2, 0) is 11.2 Å². The molecule has 1 fully saturated rings. The molecule has 0 radical (unpaired) electrons. The van der Waals surface area contributed by atoms with Crippen LogP contribution in [0.4, 0.5) is 4.39 Å². The third kappa shape index (κ3) is 4.67. The Bertz CT molecular complexity index is 992. The van der Waals surface area contributed by atoms with Crippen LogP contribution in [0.25, 0.3) is 11.4 Å². The molecule has 3 aromatic rings. The Balaban J connectivity index is 1.36. The summed E-state index contributed by atoms with van der Waals surface area (Å²) in [5.74, 6) is 1.18. The van der Waals surface area contributed by atoms with E-state index in [9.17, 15) is 9.18 Å². The number of nitrogens with zero attached hydrogens (tertiary/aromatic N) is 3. The van der Waals surface area contributed by atoms with Gasteiger partial charge in [0.05, 0.1) is 5.56 Å². The molecule has 2 unspecified atom stereocenters. The zero-order valence-electron chi connectivity index (χ0n) is 16.8. The van der Waals surface area contributed by atoms with Gasteiger partial charge >= 0.3 is 0 Å². The summed E-state index contributed by atoms with van der Waals surface area (Å²) in [6.45, 7) is 3.10. The van der Waals surface area contributed by atoms with Crippen molar-refractivity contribution < 1.29 is 18.4 Å². The third-order valence-corrected chi connectivity index (χ3v) is 5.28. The predicted octanol–water partition coefficient (Wildman–Crippen LogP) is 4.12. The zero-order chi connectivity index (χ0) is 20.9. The van der Waals surface area contributed by atoms with Crippen molar-refractivity contribution in [2.75, 3.05) is 13.1 Å². The van der Waals surface area contributed by atoms with Crippen LogP contribution in [0.5, 0.6) is 5.75 Å². The lowest BCUT2D eigenvalue weighted by atomic mass is 9.94. The number of benzene rings is 2. The van der Waals surface area contributed by atoms with Crippen LogP contribution in [0, 0.1) is 11.7 Å². The van der Waals surface area contributed by atoms with E-state index < -0.39 is 6.10 Å². The summed E-state index contributed by atoms with van der Waals surface area (Å²) in [4.78, 5) is 19.0. The number of amides is 1. The van der Waals surface area contributed by atoms with Gasteiger partial charge in [0, 0.05) is 19.5 Å². The molecule has 0 spiro atoms. The molecule has 2 atom stereocenters. The van der Waals surface area contributed by atoms with Crippen LogP contribution < -0.4 is 4.74 Å². The molecule has 4 rings (SSSR count). The number of para-hydroxylation sites is 1. The fraction of sp³-hybridized carbons (Fsp3) is 0.348. The molecule has 1 amide bonds. The number of hydrogen-bond acceptors (Lipinski definition) is 5. The Morgan fingerprint density at radius 1 is 1.23 bits per heavy atom. The lowest BCUT2D eigenvalue weighted by Crippen LogP contribution is -2.46. The summed E-state index contributed by atoms with van der Waals surface area (Å²) in [5.41, 5.74) is 0.319. The number of halogens is 1. The van der Waals surface area contributed by atoms with Gasteiger partial charge in [0.1, 0.15) is 11.6 Å². The Labute approximate surface area is 174 Å². The summed E-state index contributed by atoms with van der Waals surface area (Å²) in [5, 5.41) is 3.92. The molecule has 2 heterocycles. The second-order valence-corrected chi connectivity index (χ2v) is 7.56. The molecule has 1 aromatic heterocycles. The van der Waals surface area contributed by atoms with Gasteiger partial charge in [-0.15, -0.1) is 0 Å². The molecule has 156 valence electrons. The molecule has 7 heteroatoms. The Morgan fingerprint density at radius 2 is 2.00 bits per heavy atom. The SMILES string of the molecule is CC(Oc1ccccc1)C(=O)N1CCCC(Cc2nc(-c3ccccc3F)no2)C1. The van der Waals surface area contributed by atoms with Crippen molar-refractivity contribution in [3.63, 3.8) is 0 Å². The van der Waals surface area contributed by atoms with Crippen molar-refractivity contribution in [3.8, 4) is 17.1 Å². The Kier molecular flexibility index (Phi) is 6.07. The molecule has 1 saturated heterocycles. The Hall–Kier alpha value is -3.22. The Morgan fingerprint density at radius 3 is 2.80 bits per heavy atom. The summed E-state index contributed by atoms with van der Waals surface area (Å²) < 4.78 is 25.1. The van der Waals surface area contributed by atoms with Gasteiger partial charge in [-0.25, -0.2) is 4.39 Å². The van der Waals surface area contributed by atoms with Crippen LogP contribution in [0.15, 0.2) is 59.1 Å². The van der Waals surface area contributed by atoms with Gasteiger partial charge in [0.25, 0.3) is 5.91 Å². The highest BCUT2D eigenvalue weighted by Crippen LogP contribution is 2.24. The minimum Gasteiger partial charge on any atom is -0.481 e. The molecule has 2 aromatic carbocycles. The standard InChI is InChI=1S/C23H24FN3O3/c1-16(29-18-9-3-2-4-10-18)23(28)27-13-7-8-17(15-27)14-21-25-22(26-30-21)19-11-5-6-12-20(19)24/h2-6,9-12,16-17H,7-8,13-15H2,1H3. The predicted molar refractivity (Wildman–Crippen MR) is 109 cm³/mol. The highest BCUT2D eigenvalue weighted by molar-refractivity contribution is 5.81. The highest BCUT2D eigenvalue weighted by atomic mass is 19.1. The molecule has 1 aliphatic rings. The summed E-state index contributed by atoms with van der Waals surface area (Å²) >= 11 is 0. The normalized spacial score (nSPS) is 17.5. The molecule has 0 N–H and O–H groups in total. The van der Waals surface area contributed by atoms with Crippen LogP contribution in [0.3, 0.4) is 0 Å². The van der Waals surface area contributed by atoms with Gasteiger partial charge in [-0.2, -0.15) is 4.98 Å². The van der Waals surface area contributed by atoms with E-state index in [0.29, 0.717) is 36.7 Å². The maximum atomic E-state index is 13.9. The number of hydrogen-bond donors (Lipinski definition) is 0. The molecule has 0 saturated carbocycles. The molecule has 1 aliphatic heterocycles. The molecular weight excluding hydrogens is 385 g/mol. The fourth-order valence-electron chi connectivity index (χ4n) is 3.78. The number of carbonyl (C=O) groups is 1. The first-order chi connectivity index (χ1) is 14.6. The monoisotopic (exact) mass is 409 g/mol. The van der Waals surface area contributed by atoms with Gasteiger partial charge in [-0.1, -0.05) is 35.5 Å². The van der Waals surface area contributed by atoms with Gasteiger partial charge in [-0.3, -0.25) is 4.79 Å². The largest absolute Gasteiger partial charge is 0.481 e. The lowest BCUT2D eigenvalue weighted by molar-refractivity contribution is -0.139. The van der Waals surface area contributed by atoms with E-state index in [1.165, 1.54) is 6.07 Å². The average Bonchev–Trinajstić information content (AvgIpc) is 3.22. The van der Waals surface area contributed by atoms with Crippen molar-refractivity contribution >= 4 is 5.91 Å². The average molecular weight is 409 g/mol. The van der Waals surface area contributed by atoms with E-state index in [1.807, 2.05) is 35.2 Å². The number of aromatic nitrogens is 2. The first-order valence-electron chi connectivity index (χ1n) is 10.2. The summed E-state index contributed by atoms with van der Waals surface area (Å²) in [6.07, 6.45) is 1.87. The van der Waals surface area contributed by atoms with Crippen molar-refractivity contribution in [3.05, 3.63) is 66.3 Å². The van der Waals surface area contributed by atoms with E-state index in [-0.39, 0.29) is 23.5 Å². The van der Waals surface area contributed by atoms with Crippen molar-refractivity contribution in [1.82, 2.24) is 15.0 Å². The lowest BCUT2D eigenvalue weighted by Gasteiger charge is -2.33. The number of rotatable bonds is 6. The number of piperidine rings is 1. The van der Waals surface area contributed by atoms with Gasteiger partial charge in [-0.05, 0) is 49.9 Å². The first kappa shape index (κ1) is 20.1. The first-order valence-corrected chi connectivity index (χ1v) is 10.2. The van der Waals surface area contributed by atoms with Gasteiger partial charge in [0.15, 0.2) is 6.10 Å². The zero-order valence-corrected chi connectivity index (χ0v) is 16.8. The van der Waals surface area contributed by atoms with Gasteiger partial charge < -0.3 is 14.2 Å². The van der Waals surface area contributed by atoms with Gasteiger partial charge in [0.2, 0.25) is 11.7 Å². The molecule has 0 aliphatic carbocycles. The fourth-order valence-corrected chi connectivity index (χ4v) is 3.78. The molecule has 6 nitrogen and oxygen atoms in total. The number of carbonyl (C=O) groups excluding carboxylic acids is 1. The second-order valence-electron chi connectivity index (χ2n) is 7.56. The van der Waals surface area contributed by atoms with E-state index in [4.69, 9.17) is 9.26 Å². The van der Waals surface area contributed by atoms with Crippen LogP contribution in [0.1, 0.15) is 25.7 Å². The van der Waals surface area contributed by atoms with Crippen LogP contribution in [-0.4, -0.2) is 40.1 Å². The van der Waals surface area contributed by atoms with Crippen molar-refractivity contribution in [2.45, 2.75) is 32.3 Å². The van der Waals surface area contributed by atoms with Crippen LogP contribution >= 0.6 is 0 Å². The smallest absolute Gasteiger partial charge is 0.263 e. The van der Waals surface area contributed by atoms with E-state index in [2.05, 4.69) is 10.1 Å². The maximum absolute atomic E-state index is 13.9. The minimum atomic E-state index is -0.554. The van der Waals surface area contributed by atoms with E-state index in [0.717, 1.165) is 12.8 Å². The topological polar surface area (TPSA) is 68.5 Å². The second kappa shape index (κ2) is 9.07. The third-order valence-electron chi connectivity index (χ3n) is 5.28. The summed E-state index contributed by atoms with van der Waals surface area (Å²) in [6, 6.07) is 15.7. The highest BCUT2D eigenvalue weighted by Gasteiger charge is 2.29. The molecule has 0 bridgehead atoms. The maximum Gasteiger partial charge on any atom is 0.263 e. The van der Waals surface area contributed by atoms with Crippen molar-refractivity contribution in [2.24, 2.45) is 5.92 Å². The van der Waals surface area contributed by atoms with Crippen molar-refractivity contribution in [1.29, 1.82) is 0 Å². The summed E-state index contributed by atoms with van der Waals surface area (Å²) in [7, 11) is 0. The quantitative estimate of drug-likeness (QED) is 0.613. The van der Waals surface area contributed by atoms with E-state index in [1.54, 1.807) is 25.1 Å². The molecule has 30 heavy (non-hydrogen) atoms. The minimum absolute atomic E-state index is 0.0267. The number of ether oxygens (including phenoxy) is 1. The molecular formula is C23H24FN3O3. The number of likely N-dealkylation sites (tertiary alicyclic amines) is 1. The van der Waals surface area contributed by atoms with E-state index >= 15 is 0 Å².